The summed E-state index contributed by atoms with van der Waals surface area (Å²) in [7, 11) is 0. The van der Waals surface area contributed by atoms with E-state index >= 15 is 0 Å². The Bertz CT molecular complexity index is 568. The largest absolute Gasteiger partial charge is 0.386 e. The molecular weight excluding hydrogens is 306 g/mol. The molecule has 0 spiro atoms. The van der Waals surface area contributed by atoms with Gasteiger partial charge in [-0.15, -0.1) is 11.3 Å². The summed E-state index contributed by atoms with van der Waals surface area (Å²) in [5, 5.41) is 15.7. The zero-order chi connectivity index (χ0) is 15.2. The number of rotatable bonds is 6. The second kappa shape index (κ2) is 7.59. The van der Waals surface area contributed by atoms with Gasteiger partial charge in [0.2, 0.25) is 5.91 Å². The Kier molecular flexibility index (Phi) is 5.79. The maximum Gasteiger partial charge on any atom is 0.220 e. The first-order valence-corrected chi connectivity index (χ1v) is 8.07. The predicted molar refractivity (Wildman–Crippen MR) is 86.7 cm³/mol. The van der Waals surface area contributed by atoms with Crippen LogP contribution in [0.5, 0.6) is 0 Å². The molecule has 2 aromatic rings. The second-order valence-electron chi connectivity index (χ2n) is 4.93. The normalized spacial score (nSPS) is 13.7. The Morgan fingerprint density at radius 1 is 1.33 bits per heavy atom. The standard InChI is InChI=1S/C16H18ClNO2S/c1-11(16(20)12-4-6-13(17)7-5-12)18-15(19)9-8-14-3-2-10-21-14/h2-7,10-11,16,20H,8-9H2,1H3,(H,18,19). The number of nitrogens with one attached hydrogen (secondary N) is 1. The van der Waals surface area contributed by atoms with Gasteiger partial charge in [-0.25, -0.2) is 0 Å². The van der Waals surface area contributed by atoms with Gasteiger partial charge < -0.3 is 10.4 Å². The molecule has 0 radical (unpaired) electrons. The van der Waals surface area contributed by atoms with Crippen molar-refractivity contribution < 1.29 is 9.90 Å². The van der Waals surface area contributed by atoms with Gasteiger partial charge in [0.15, 0.2) is 0 Å². The monoisotopic (exact) mass is 323 g/mol. The highest BCUT2D eigenvalue weighted by Crippen LogP contribution is 2.19. The van der Waals surface area contributed by atoms with Crippen LogP contribution in [-0.2, 0) is 11.2 Å². The first kappa shape index (κ1) is 16.0. The highest BCUT2D eigenvalue weighted by atomic mass is 35.5. The zero-order valence-corrected chi connectivity index (χ0v) is 13.3. The molecule has 1 aromatic carbocycles. The molecule has 0 saturated heterocycles. The van der Waals surface area contributed by atoms with Gasteiger partial charge in [0, 0.05) is 16.3 Å². The van der Waals surface area contributed by atoms with Crippen LogP contribution in [0.1, 0.15) is 29.9 Å². The Morgan fingerprint density at radius 3 is 2.67 bits per heavy atom. The minimum atomic E-state index is -0.743. The quantitative estimate of drug-likeness (QED) is 0.853. The van der Waals surface area contributed by atoms with E-state index in [-0.39, 0.29) is 11.9 Å². The van der Waals surface area contributed by atoms with Crippen molar-refractivity contribution in [3.63, 3.8) is 0 Å². The fourth-order valence-electron chi connectivity index (χ4n) is 2.05. The molecule has 3 nitrogen and oxygen atoms in total. The minimum Gasteiger partial charge on any atom is -0.386 e. The molecule has 21 heavy (non-hydrogen) atoms. The molecule has 0 fully saturated rings. The molecule has 1 heterocycles. The number of hydrogen-bond acceptors (Lipinski definition) is 3. The number of carbonyl (C=O) groups is 1. The third kappa shape index (κ3) is 4.84. The van der Waals surface area contributed by atoms with Crippen molar-refractivity contribution in [2.45, 2.75) is 31.9 Å². The molecule has 1 aromatic heterocycles. The van der Waals surface area contributed by atoms with Crippen LogP contribution in [-0.4, -0.2) is 17.1 Å². The topological polar surface area (TPSA) is 49.3 Å². The van der Waals surface area contributed by atoms with Gasteiger partial charge in [-0.05, 0) is 42.5 Å². The number of halogens is 1. The Labute approximate surface area is 133 Å². The third-order valence-electron chi connectivity index (χ3n) is 3.25. The van der Waals surface area contributed by atoms with Crippen LogP contribution < -0.4 is 5.32 Å². The lowest BCUT2D eigenvalue weighted by atomic mass is 10.0. The van der Waals surface area contributed by atoms with Crippen molar-refractivity contribution in [2.24, 2.45) is 0 Å². The smallest absolute Gasteiger partial charge is 0.220 e. The van der Waals surface area contributed by atoms with Crippen LogP contribution in [0.3, 0.4) is 0 Å². The number of aryl methyl sites for hydroxylation is 1. The maximum atomic E-state index is 11.9. The number of thiophene rings is 1. The maximum absolute atomic E-state index is 11.9. The lowest BCUT2D eigenvalue weighted by Gasteiger charge is -2.20. The van der Waals surface area contributed by atoms with Gasteiger partial charge in [0.1, 0.15) is 0 Å². The molecule has 5 heteroatoms. The van der Waals surface area contributed by atoms with Crippen LogP contribution in [0, 0.1) is 0 Å². The van der Waals surface area contributed by atoms with E-state index in [1.165, 1.54) is 4.88 Å². The number of carbonyl (C=O) groups excluding carboxylic acids is 1. The molecular formula is C16H18ClNO2S. The molecule has 2 N–H and O–H groups in total. The van der Waals surface area contributed by atoms with E-state index in [2.05, 4.69) is 5.32 Å². The van der Waals surface area contributed by atoms with Gasteiger partial charge in [0.25, 0.3) is 0 Å². The number of benzene rings is 1. The van der Waals surface area contributed by atoms with Crippen molar-refractivity contribution in [3.8, 4) is 0 Å². The van der Waals surface area contributed by atoms with Crippen LogP contribution in [0.25, 0.3) is 0 Å². The molecule has 2 atom stereocenters. The first-order chi connectivity index (χ1) is 10.1. The SMILES string of the molecule is CC(NC(=O)CCc1cccs1)C(O)c1ccc(Cl)cc1. The fourth-order valence-corrected chi connectivity index (χ4v) is 2.88. The summed E-state index contributed by atoms with van der Waals surface area (Å²) >= 11 is 7.47. The lowest BCUT2D eigenvalue weighted by molar-refractivity contribution is -0.122. The summed E-state index contributed by atoms with van der Waals surface area (Å²) in [5.74, 6) is -0.0519. The number of hydrogen-bond donors (Lipinski definition) is 2. The fraction of sp³-hybridized carbons (Fsp3) is 0.312. The lowest BCUT2D eigenvalue weighted by Crippen LogP contribution is -2.37. The van der Waals surface area contributed by atoms with Gasteiger partial charge >= 0.3 is 0 Å². The highest BCUT2D eigenvalue weighted by Gasteiger charge is 2.18. The van der Waals surface area contributed by atoms with Crippen molar-refractivity contribution in [1.82, 2.24) is 5.32 Å². The summed E-state index contributed by atoms with van der Waals surface area (Å²) in [5.41, 5.74) is 0.741. The number of aliphatic hydroxyl groups excluding tert-OH is 1. The highest BCUT2D eigenvalue weighted by molar-refractivity contribution is 7.09. The van der Waals surface area contributed by atoms with Crippen LogP contribution in [0.4, 0.5) is 0 Å². The van der Waals surface area contributed by atoms with E-state index in [9.17, 15) is 9.90 Å². The molecule has 0 aliphatic heterocycles. The van der Waals surface area contributed by atoms with E-state index in [1.807, 2.05) is 17.5 Å². The Hall–Kier alpha value is -1.36. The van der Waals surface area contributed by atoms with Crippen molar-refractivity contribution in [1.29, 1.82) is 0 Å². The second-order valence-corrected chi connectivity index (χ2v) is 6.40. The van der Waals surface area contributed by atoms with Gasteiger partial charge in [-0.3, -0.25) is 4.79 Å². The minimum absolute atomic E-state index is 0.0519. The Balaban J connectivity index is 1.83. The van der Waals surface area contributed by atoms with Gasteiger partial charge in [0.05, 0.1) is 12.1 Å². The molecule has 2 rings (SSSR count). The van der Waals surface area contributed by atoms with E-state index in [0.29, 0.717) is 11.4 Å². The summed E-state index contributed by atoms with van der Waals surface area (Å²) < 4.78 is 0. The van der Waals surface area contributed by atoms with Crippen molar-refractivity contribution in [2.75, 3.05) is 0 Å². The average Bonchev–Trinajstić information content (AvgIpc) is 2.98. The van der Waals surface area contributed by atoms with Crippen LogP contribution >= 0.6 is 22.9 Å². The number of amides is 1. The summed E-state index contributed by atoms with van der Waals surface area (Å²) in [4.78, 5) is 13.1. The molecule has 0 saturated carbocycles. The Morgan fingerprint density at radius 2 is 2.05 bits per heavy atom. The van der Waals surface area contributed by atoms with Crippen LogP contribution in [0.2, 0.25) is 5.02 Å². The van der Waals surface area contributed by atoms with E-state index in [4.69, 9.17) is 11.6 Å². The average molecular weight is 324 g/mol. The zero-order valence-electron chi connectivity index (χ0n) is 11.8. The van der Waals surface area contributed by atoms with E-state index in [1.54, 1.807) is 42.5 Å². The van der Waals surface area contributed by atoms with E-state index in [0.717, 1.165) is 12.0 Å². The molecule has 0 bridgehead atoms. The van der Waals surface area contributed by atoms with E-state index < -0.39 is 6.10 Å². The summed E-state index contributed by atoms with van der Waals surface area (Å²) in [6.07, 6.45) is 0.416. The third-order valence-corrected chi connectivity index (χ3v) is 4.44. The molecule has 1 amide bonds. The summed E-state index contributed by atoms with van der Waals surface area (Å²) in [6.45, 7) is 1.79. The molecule has 0 aliphatic carbocycles. The predicted octanol–water partition coefficient (Wildman–Crippen LogP) is 3.57. The van der Waals surface area contributed by atoms with Crippen molar-refractivity contribution >= 4 is 28.8 Å². The van der Waals surface area contributed by atoms with Gasteiger partial charge in [-0.1, -0.05) is 29.8 Å². The molecule has 0 aliphatic rings. The van der Waals surface area contributed by atoms with Gasteiger partial charge in [-0.2, -0.15) is 0 Å². The van der Waals surface area contributed by atoms with Crippen molar-refractivity contribution in [3.05, 3.63) is 57.2 Å². The molecule has 2 unspecified atom stereocenters. The van der Waals surface area contributed by atoms with Crippen LogP contribution in [0.15, 0.2) is 41.8 Å². The first-order valence-electron chi connectivity index (χ1n) is 6.81. The summed E-state index contributed by atoms with van der Waals surface area (Å²) in [6, 6.07) is 10.6. The molecule has 112 valence electrons. The number of aliphatic hydroxyl groups is 1.